The second-order valence-corrected chi connectivity index (χ2v) is 11.5. The Kier molecular flexibility index (Phi) is 20.4. The highest BCUT2D eigenvalue weighted by Gasteiger charge is 2.03. The van der Waals surface area contributed by atoms with E-state index < -0.39 is 11.9 Å². The van der Waals surface area contributed by atoms with Crippen LogP contribution in [-0.2, 0) is 38.0 Å². The number of carbonyl (C=O) groups excluding carboxylic acids is 2. The summed E-state index contributed by atoms with van der Waals surface area (Å²) in [5, 5.41) is 34.4. The molecule has 0 saturated carbocycles. The number of rotatable bonds is 26. The minimum atomic E-state index is -0.701. The summed E-state index contributed by atoms with van der Waals surface area (Å²) in [5.74, 6) is -0.0753. The third-order valence-corrected chi connectivity index (χ3v) is 7.26. The fourth-order valence-corrected chi connectivity index (χ4v) is 4.37. The molecule has 300 valence electrons. The SMILES string of the molecule is N#Cc1ccc(N=Nc2ccc(OCCOCCOCCOC(=O)/C=C/C(=O)OCCOCCOCCOc3ccc(N=Nc4ccc(C#N)cc4)cc3)cc2)cc1. The van der Waals surface area contributed by atoms with Crippen LogP contribution in [0.1, 0.15) is 11.1 Å². The Morgan fingerprint density at radius 1 is 0.414 bits per heavy atom. The lowest BCUT2D eigenvalue weighted by Crippen LogP contribution is -2.14. The van der Waals surface area contributed by atoms with Crippen LogP contribution >= 0.6 is 0 Å². The van der Waals surface area contributed by atoms with E-state index in [2.05, 4.69) is 32.6 Å². The maximum atomic E-state index is 11.8. The summed E-state index contributed by atoms with van der Waals surface area (Å²) in [4.78, 5) is 23.6. The van der Waals surface area contributed by atoms with Crippen molar-refractivity contribution in [3.8, 4) is 23.6 Å². The zero-order valence-electron chi connectivity index (χ0n) is 31.6. The minimum absolute atomic E-state index is 0.00977. The molecule has 4 aromatic carbocycles. The fraction of sp³-hybridized carbons (Fsp3) is 0.286. The molecule has 0 aliphatic rings. The standard InChI is InChI=1S/C42H42N6O10/c43-31-33-1-5-35(6-2-33)45-47-37-9-13-39(14-10-37)55-27-23-51-19-21-53-25-29-57-41(49)17-18-42(50)58-30-26-54-22-20-52-24-28-56-40-15-11-38(12-16-40)48-46-36-7-3-34(32-44)4-8-36/h1-18H,19-30H2/b18-17+,47-45?,48-46?. The Labute approximate surface area is 335 Å². The largest absolute Gasteiger partial charge is 0.491 e. The Bertz CT molecular complexity index is 1850. The van der Waals surface area contributed by atoms with E-state index in [0.717, 1.165) is 12.2 Å². The Balaban J connectivity index is 0.894. The highest BCUT2D eigenvalue weighted by Crippen LogP contribution is 2.23. The van der Waals surface area contributed by atoms with Crippen LogP contribution < -0.4 is 9.47 Å². The van der Waals surface area contributed by atoms with Crippen LogP contribution in [0.2, 0.25) is 0 Å². The number of azo groups is 2. The summed E-state index contributed by atoms with van der Waals surface area (Å²) in [7, 11) is 0. The van der Waals surface area contributed by atoms with Gasteiger partial charge in [0.25, 0.3) is 0 Å². The monoisotopic (exact) mass is 790 g/mol. The normalized spacial score (nSPS) is 11.1. The number of benzene rings is 4. The van der Waals surface area contributed by atoms with Crippen molar-refractivity contribution in [2.24, 2.45) is 20.5 Å². The zero-order valence-corrected chi connectivity index (χ0v) is 31.6. The quantitative estimate of drug-likeness (QED) is 0.0264. The van der Waals surface area contributed by atoms with Crippen molar-refractivity contribution >= 4 is 34.7 Å². The molecule has 4 aromatic rings. The van der Waals surface area contributed by atoms with Crippen molar-refractivity contribution in [1.29, 1.82) is 10.5 Å². The Morgan fingerprint density at radius 2 is 0.690 bits per heavy atom. The molecule has 0 spiro atoms. The van der Waals surface area contributed by atoms with Crippen LogP contribution in [0.5, 0.6) is 11.5 Å². The first-order chi connectivity index (χ1) is 28.5. The van der Waals surface area contributed by atoms with Crippen LogP contribution in [0.4, 0.5) is 22.7 Å². The van der Waals surface area contributed by atoms with Gasteiger partial charge in [-0.1, -0.05) is 0 Å². The molecule has 0 fully saturated rings. The topological polar surface area (TPSA) is 205 Å². The number of hydrogen-bond donors (Lipinski definition) is 0. The Morgan fingerprint density at radius 3 is 1.00 bits per heavy atom. The number of hydrogen-bond acceptors (Lipinski definition) is 16. The van der Waals surface area contributed by atoms with Crippen LogP contribution in [-0.4, -0.2) is 91.2 Å². The summed E-state index contributed by atoms with van der Waals surface area (Å²) in [6.45, 7) is 3.02. The van der Waals surface area contributed by atoms with Gasteiger partial charge >= 0.3 is 11.9 Å². The molecule has 4 rings (SSSR count). The third-order valence-electron chi connectivity index (χ3n) is 7.26. The van der Waals surface area contributed by atoms with Gasteiger partial charge < -0.3 is 37.9 Å². The van der Waals surface area contributed by atoms with E-state index in [4.69, 9.17) is 48.4 Å². The van der Waals surface area contributed by atoms with Crippen molar-refractivity contribution in [2.75, 3.05) is 79.3 Å². The van der Waals surface area contributed by atoms with Crippen LogP contribution in [0.15, 0.2) is 130 Å². The molecular formula is C42H42N6O10. The van der Waals surface area contributed by atoms with Crippen LogP contribution in [0.3, 0.4) is 0 Å². The highest BCUT2D eigenvalue weighted by atomic mass is 16.6. The van der Waals surface area contributed by atoms with Gasteiger partial charge in [0, 0.05) is 12.2 Å². The van der Waals surface area contributed by atoms with Crippen LogP contribution in [0, 0.1) is 22.7 Å². The number of nitriles is 2. The van der Waals surface area contributed by atoms with Gasteiger partial charge in [-0.2, -0.15) is 31.0 Å². The number of esters is 2. The van der Waals surface area contributed by atoms with Gasteiger partial charge in [-0.15, -0.1) is 0 Å². The van der Waals surface area contributed by atoms with Crippen molar-refractivity contribution in [1.82, 2.24) is 0 Å². The number of carbonyl (C=O) groups is 2. The highest BCUT2D eigenvalue weighted by molar-refractivity contribution is 5.91. The second kappa shape index (κ2) is 26.9. The number of nitrogens with zero attached hydrogens (tertiary/aromatic N) is 6. The molecule has 0 N–H and O–H groups in total. The summed E-state index contributed by atoms with van der Waals surface area (Å²) in [5.41, 5.74) is 3.75. The molecule has 0 aliphatic carbocycles. The molecule has 16 nitrogen and oxygen atoms in total. The van der Waals surface area contributed by atoms with E-state index in [-0.39, 0.29) is 26.4 Å². The summed E-state index contributed by atoms with van der Waals surface area (Å²) >= 11 is 0. The van der Waals surface area contributed by atoms with Gasteiger partial charge in [0.15, 0.2) is 0 Å². The summed E-state index contributed by atoms with van der Waals surface area (Å²) < 4.78 is 43.0. The summed E-state index contributed by atoms with van der Waals surface area (Å²) in [6, 6.07) is 32.0. The van der Waals surface area contributed by atoms with Gasteiger partial charge in [0.2, 0.25) is 0 Å². The molecule has 0 aromatic heterocycles. The molecule has 0 unspecified atom stereocenters. The third kappa shape index (κ3) is 18.7. The smallest absolute Gasteiger partial charge is 0.331 e. The van der Waals surface area contributed by atoms with E-state index in [1.54, 1.807) is 97.1 Å². The molecule has 0 aliphatic heterocycles. The molecule has 0 radical (unpaired) electrons. The lowest BCUT2D eigenvalue weighted by atomic mass is 10.2. The van der Waals surface area contributed by atoms with E-state index in [1.165, 1.54) is 0 Å². The van der Waals surface area contributed by atoms with Gasteiger partial charge in [0.05, 0.1) is 98.9 Å². The molecular weight excluding hydrogens is 748 g/mol. The van der Waals surface area contributed by atoms with E-state index >= 15 is 0 Å². The maximum Gasteiger partial charge on any atom is 0.331 e. The molecule has 58 heavy (non-hydrogen) atoms. The molecule has 0 atom stereocenters. The lowest BCUT2D eigenvalue weighted by Gasteiger charge is -2.08. The van der Waals surface area contributed by atoms with E-state index in [1.807, 2.05) is 0 Å². The molecule has 16 heteroatoms. The average Bonchev–Trinajstić information content (AvgIpc) is 3.26. The first-order valence-electron chi connectivity index (χ1n) is 18.1. The van der Waals surface area contributed by atoms with Crippen molar-refractivity contribution < 1.29 is 47.5 Å². The lowest BCUT2D eigenvalue weighted by molar-refractivity contribution is -0.142. The van der Waals surface area contributed by atoms with Gasteiger partial charge in [0.1, 0.15) is 37.9 Å². The van der Waals surface area contributed by atoms with Crippen LogP contribution in [0.25, 0.3) is 0 Å². The van der Waals surface area contributed by atoms with Gasteiger partial charge in [-0.25, -0.2) is 9.59 Å². The van der Waals surface area contributed by atoms with Gasteiger partial charge in [-0.05, 0) is 97.1 Å². The first kappa shape index (κ1) is 43.9. The van der Waals surface area contributed by atoms with E-state index in [0.29, 0.717) is 98.2 Å². The minimum Gasteiger partial charge on any atom is -0.491 e. The molecule has 0 saturated heterocycles. The van der Waals surface area contributed by atoms with Crippen molar-refractivity contribution in [2.45, 2.75) is 0 Å². The van der Waals surface area contributed by atoms with Crippen molar-refractivity contribution in [3.05, 3.63) is 120 Å². The first-order valence-corrected chi connectivity index (χ1v) is 18.1. The molecule has 0 heterocycles. The predicted octanol–water partition coefficient (Wildman–Crippen LogP) is 7.43. The zero-order chi connectivity index (χ0) is 40.9. The predicted molar refractivity (Wildman–Crippen MR) is 209 cm³/mol. The van der Waals surface area contributed by atoms with Gasteiger partial charge in [-0.3, -0.25) is 0 Å². The average molecular weight is 791 g/mol. The summed E-state index contributed by atoms with van der Waals surface area (Å²) in [6.07, 6.45) is 1.96. The fourth-order valence-electron chi connectivity index (χ4n) is 4.37. The molecule has 0 amide bonds. The van der Waals surface area contributed by atoms with Crippen molar-refractivity contribution in [3.63, 3.8) is 0 Å². The molecule has 0 bridgehead atoms. The maximum absolute atomic E-state index is 11.8. The number of ether oxygens (including phenoxy) is 8. The van der Waals surface area contributed by atoms with E-state index in [9.17, 15) is 9.59 Å². The second-order valence-electron chi connectivity index (χ2n) is 11.5. The Hall–Kier alpha value is -6.82.